The number of benzene rings is 1. The van der Waals surface area contributed by atoms with E-state index in [1.807, 2.05) is 37.3 Å². The molecule has 0 aliphatic carbocycles. The van der Waals surface area contributed by atoms with Crippen LogP contribution in [0.4, 0.5) is 0 Å². The summed E-state index contributed by atoms with van der Waals surface area (Å²) in [5, 5.41) is 15.1. The third kappa shape index (κ3) is 7.25. The molecule has 0 bridgehead atoms. The molecule has 2 rings (SSSR count). The molecule has 0 saturated carbocycles. The van der Waals surface area contributed by atoms with Crippen molar-refractivity contribution in [2.24, 2.45) is 5.92 Å². The Labute approximate surface area is 175 Å². The summed E-state index contributed by atoms with van der Waals surface area (Å²) in [6.45, 7) is 1.84. The summed E-state index contributed by atoms with van der Waals surface area (Å²) in [4.78, 5) is 43.8. The number of nitrogens with one attached hydrogen (secondary N) is 2. The van der Waals surface area contributed by atoms with Crippen LogP contribution >= 0.6 is 0 Å². The third-order valence-electron chi connectivity index (χ3n) is 4.50. The molecular formula is C21H27N5O4. The monoisotopic (exact) mass is 413 g/mol. The van der Waals surface area contributed by atoms with Gasteiger partial charge in [-0.2, -0.15) is 0 Å². The number of unbranched alkanes of at least 4 members (excludes halogenated alkanes) is 2. The van der Waals surface area contributed by atoms with Crippen molar-refractivity contribution in [3.05, 3.63) is 48.4 Å². The molecule has 3 amide bonds. The van der Waals surface area contributed by atoms with Crippen LogP contribution in [0.15, 0.2) is 42.7 Å². The fourth-order valence-electron chi connectivity index (χ4n) is 2.88. The van der Waals surface area contributed by atoms with Gasteiger partial charge in [0.05, 0.1) is 37.2 Å². The molecule has 1 aromatic heterocycles. The number of nitrogens with zero attached hydrogens (tertiary/aromatic N) is 3. The summed E-state index contributed by atoms with van der Waals surface area (Å²) < 4.78 is 0. The van der Waals surface area contributed by atoms with E-state index in [9.17, 15) is 19.6 Å². The van der Waals surface area contributed by atoms with Crippen LogP contribution in [0.1, 0.15) is 43.1 Å². The van der Waals surface area contributed by atoms with E-state index in [2.05, 4.69) is 20.6 Å². The third-order valence-corrected chi connectivity index (χ3v) is 4.50. The van der Waals surface area contributed by atoms with Crippen LogP contribution in [-0.4, -0.2) is 51.7 Å². The molecular weight excluding hydrogens is 386 g/mol. The van der Waals surface area contributed by atoms with E-state index in [1.54, 1.807) is 6.20 Å². The largest absolute Gasteiger partial charge is 0.338 e. The summed E-state index contributed by atoms with van der Waals surface area (Å²) in [6, 6.07) is 9.36. The Morgan fingerprint density at radius 2 is 1.93 bits per heavy atom. The van der Waals surface area contributed by atoms with Crippen LogP contribution in [-0.2, 0) is 9.59 Å². The van der Waals surface area contributed by atoms with Crippen LogP contribution < -0.4 is 10.6 Å². The van der Waals surface area contributed by atoms with Crippen molar-refractivity contribution < 1.29 is 19.6 Å². The van der Waals surface area contributed by atoms with Gasteiger partial charge in [0, 0.05) is 5.56 Å². The molecule has 0 aliphatic rings. The van der Waals surface area contributed by atoms with E-state index >= 15 is 0 Å². The Hall–Kier alpha value is -3.33. The predicted molar refractivity (Wildman–Crippen MR) is 110 cm³/mol. The lowest BCUT2D eigenvalue weighted by Gasteiger charge is -2.19. The number of aromatic nitrogens is 2. The molecule has 1 atom stereocenters. The highest BCUT2D eigenvalue weighted by molar-refractivity contribution is 5.92. The fraction of sp³-hybridized carbons (Fsp3) is 0.381. The van der Waals surface area contributed by atoms with Crippen molar-refractivity contribution in [3.63, 3.8) is 0 Å². The van der Waals surface area contributed by atoms with Gasteiger partial charge in [0.1, 0.15) is 5.69 Å². The number of rotatable bonds is 12. The van der Waals surface area contributed by atoms with Crippen LogP contribution in [0.25, 0.3) is 11.3 Å². The first kappa shape index (κ1) is 23.0. The molecule has 9 heteroatoms. The molecule has 0 radical (unpaired) electrons. The Bertz CT molecular complexity index is 831. The zero-order valence-corrected chi connectivity index (χ0v) is 17.0. The zero-order chi connectivity index (χ0) is 21.8. The molecule has 1 heterocycles. The first-order valence-electron chi connectivity index (χ1n) is 9.89. The van der Waals surface area contributed by atoms with Gasteiger partial charge in [0.15, 0.2) is 0 Å². The smallest absolute Gasteiger partial charge is 0.272 e. The Balaban J connectivity index is 1.90. The standard InChI is InChI=1S/C21H27N5O4/c1-2-3-5-10-17(13-26(30)15-27)20(28)23-14-24-21(29)19-12-22-11-18(25-19)16-8-6-4-7-9-16/h4,6-9,11-12,15,17,30H,2-3,5,10,13-14H2,1H3,(H,23,28)(H,24,29). The summed E-state index contributed by atoms with van der Waals surface area (Å²) in [5.74, 6) is -1.39. The van der Waals surface area contributed by atoms with Gasteiger partial charge in [0.2, 0.25) is 12.3 Å². The molecule has 0 saturated heterocycles. The van der Waals surface area contributed by atoms with Gasteiger partial charge in [0.25, 0.3) is 5.91 Å². The van der Waals surface area contributed by atoms with Gasteiger partial charge in [-0.15, -0.1) is 0 Å². The molecule has 2 aromatic rings. The summed E-state index contributed by atoms with van der Waals surface area (Å²) >= 11 is 0. The van der Waals surface area contributed by atoms with Crippen molar-refractivity contribution in [3.8, 4) is 11.3 Å². The second-order valence-electron chi connectivity index (χ2n) is 6.80. The first-order valence-corrected chi connectivity index (χ1v) is 9.89. The average molecular weight is 413 g/mol. The lowest BCUT2D eigenvalue weighted by molar-refractivity contribution is -0.154. The minimum Gasteiger partial charge on any atom is -0.338 e. The van der Waals surface area contributed by atoms with Crippen LogP contribution in [0, 0.1) is 5.92 Å². The summed E-state index contributed by atoms with van der Waals surface area (Å²) in [6.07, 6.45) is 6.46. The quantitative estimate of drug-likeness (QED) is 0.161. The fourth-order valence-corrected chi connectivity index (χ4v) is 2.88. The van der Waals surface area contributed by atoms with Crippen molar-refractivity contribution in [1.29, 1.82) is 0 Å². The number of hydrogen-bond acceptors (Lipinski definition) is 6. The Morgan fingerprint density at radius 3 is 2.63 bits per heavy atom. The summed E-state index contributed by atoms with van der Waals surface area (Å²) in [7, 11) is 0. The predicted octanol–water partition coefficient (Wildman–Crippen LogP) is 1.99. The molecule has 1 aromatic carbocycles. The second kappa shape index (κ2) is 12.3. The van der Waals surface area contributed by atoms with Crippen molar-refractivity contribution in [2.45, 2.75) is 32.6 Å². The topological polar surface area (TPSA) is 125 Å². The number of hydrogen-bond donors (Lipinski definition) is 3. The maximum absolute atomic E-state index is 12.4. The van der Waals surface area contributed by atoms with Gasteiger partial charge >= 0.3 is 0 Å². The highest BCUT2D eigenvalue weighted by atomic mass is 16.5. The highest BCUT2D eigenvalue weighted by Crippen LogP contribution is 2.15. The molecule has 30 heavy (non-hydrogen) atoms. The number of hydroxylamine groups is 2. The van der Waals surface area contributed by atoms with Crippen LogP contribution in [0.5, 0.6) is 0 Å². The Morgan fingerprint density at radius 1 is 1.17 bits per heavy atom. The highest BCUT2D eigenvalue weighted by Gasteiger charge is 2.20. The van der Waals surface area contributed by atoms with Crippen molar-refractivity contribution >= 4 is 18.2 Å². The van der Waals surface area contributed by atoms with Crippen LogP contribution in [0.2, 0.25) is 0 Å². The van der Waals surface area contributed by atoms with E-state index in [-0.39, 0.29) is 31.2 Å². The average Bonchev–Trinajstić information content (AvgIpc) is 2.78. The van der Waals surface area contributed by atoms with Crippen molar-refractivity contribution in [1.82, 2.24) is 25.7 Å². The van der Waals surface area contributed by atoms with Gasteiger partial charge in [-0.1, -0.05) is 56.5 Å². The lowest BCUT2D eigenvalue weighted by atomic mass is 10.0. The van der Waals surface area contributed by atoms with E-state index in [0.29, 0.717) is 17.2 Å². The Kier molecular flexibility index (Phi) is 9.39. The number of amides is 3. The first-order chi connectivity index (χ1) is 14.5. The molecule has 0 fully saturated rings. The molecule has 1 unspecified atom stereocenters. The SMILES string of the molecule is CCCCCC(CN(O)C=O)C(=O)NCNC(=O)c1cncc(-c2ccccc2)n1. The van der Waals surface area contributed by atoms with Gasteiger partial charge in [-0.3, -0.25) is 24.6 Å². The second-order valence-corrected chi connectivity index (χ2v) is 6.80. The molecule has 0 spiro atoms. The number of carbonyl (C=O) groups excluding carboxylic acids is 3. The maximum Gasteiger partial charge on any atom is 0.272 e. The number of carbonyl (C=O) groups is 3. The van der Waals surface area contributed by atoms with Gasteiger partial charge < -0.3 is 10.6 Å². The minimum absolute atomic E-state index is 0.0996. The normalized spacial score (nSPS) is 11.4. The van der Waals surface area contributed by atoms with Crippen molar-refractivity contribution in [2.75, 3.05) is 13.2 Å². The maximum atomic E-state index is 12.4. The summed E-state index contributed by atoms with van der Waals surface area (Å²) in [5.41, 5.74) is 1.54. The van der Waals surface area contributed by atoms with E-state index < -0.39 is 11.8 Å². The van der Waals surface area contributed by atoms with Crippen LogP contribution in [0.3, 0.4) is 0 Å². The molecule has 0 aliphatic heterocycles. The van der Waals surface area contributed by atoms with Gasteiger partial charge in [-0.05, 0) is 6.42 Å². The molecule has 160 valence electrons. The zero-order valence-electron chi connectivity index (χ0n) is 17.0. The van der Waals surface area contributed by atoms with E-state index in [0.717, 1.165) is 24.8 Å². The minimum atomic E-state index is -0.565. The van der Waals surface area contributed by atoms with E-state index in [4.69, 9.17) is 0 Å². The molecule has 9 nitrogen and oxygen atoms in total. The van der Waals surface area contributed by atoms with Gasteiger partial charge in [-0.25, -0.2) is 10.0 Å². The lowest BCUT2D eigenvalue weighted by Crippen LogP contribution is -2.43. The van der Waals surface area contributed by atoms with E-state index in [1.165, 1.54) is 6.20 Å². The molecule has 3 N–H and O–H groups in total.